The number of sulfonamides is 1. The maximum absolute atomic E-state index is 11.6. The zero-order valence-electron chi connectivity index (χ0n) is 20.9. The highest BCUT2D eigenvalue weighted by Crippen LogP contribution is 2.51. The monoisotopic (exact) mass is 500 g/mol. The SMILES string of the molecule is CS(=O)(=O)NC(=O)CCC1C=CC(OCCCN2CCC(C[C@@H]3C[C@H]3c3ccccc3)CC2)=CC1. The van der Waals surface area contributed by atoms with E-state index in [1.54, 1.807) is 0 Å². The summed E-state index contributed by atoms with van der Waals surface area (Å²) in [5.74, 6) is 3.31. The van der Waals surface area contributed by atoms with Crippen molar-refractivity contribution in [1.29, 1.82) is 0 Å². The van der Waals surface area contributed by atoms with E-state index in [-0.39, 0.29) is 12.3 Å². The van der Waals surface area contributed by atoms with Crippen LogP contribution >= 0.6 is 0 Å². The lowest BCUT2D eigenvalue weighted by Gasteiger charge is -2.32. The molecule has 1 saturated heterocycles. The third-order valence-electron chi connectivity index (χ3n) is 7.58. The van der Waals surface area contributed by atoms with Crippen LogP contribution in [0.5, 0.6) is 0 Å². The minimum Gasteiger partial charge on any atom is -0.494 e. The molecule has 1 aromatic rings. The van der Waals surface area contributed by atoms with Gasteiger partial charge in [0, 0.05) is 13.0 Å². The van der Waals surface area contributed by atoms with Crippen LogP contribution in [0.25, 0.3) is 0 Å². The van der Waals surface area contributed by atoms with E-state index in [1.807, 2.05) is 10.8 Å². The van der Waals surface area contributed by atoms with Crippen LogP contribution in [-0.2, 0) is 19.6 Å². The summed E-state index contributed by atoms with van der Waals surface area (Å²) in [7, 11) is -3.48. The molecule has 35 heavy (non-hydrogen) atoms. The summed E-state index contributed by atoms with van der Waals surface area (Å²) in [6.07, 6.45) is 15.2. The highest BCUT2D eigenvalue weighted by molar-refractivity contribution is 7.89. The lowest BCUT2D eigenvalue weighted by atomic mass is 9.90. The Balaban J connectivity index is 1.03. The van der Waals surface area contributed by atoms with Crippen molar-refractivity contribution in [2.45, 2.75) is 57.3 Å². The Morgan fingerprint density at radius 3 is 2.63 bits per heavy atom. The van der Waals surface area contributed by atoms with Crippen molar-refractivity contribution in [3.05, 3.63) is 59.9 Å². The zero-order valence-corrected chi connectivity index (χ0v) is 21.7. The molecule has 1 heterocycles. The number of nitrogens with one attached hydrogen (secondary N) is 1. The Labute approximate surface area is 210 Å². The second-order valence-corrected chi connectivity index (χ2v) is 12.3. The summed E-state index contributed by atoms with van der Waals surface area (Å²) in [5.41, 5.74) is 1.53. The molecule has 4 rings (SSSR count). The van der Waals surface area contributed by atoms with Gasteiger partial charge in [-0.2, -0.15) is 0 Å². The number of benzene rings is 1. The molecule has 3 aliphatic rings. The quantitative estimate of drug-likeness (QED) is 0.424. The highest BCUT2D eigenvalue weighted by Gasteiger charge is 2.39. The molecular weight excluding hydrogens is 460 g/mol. The first-order chi connectivity index (χ1) is 16.9. The fraction of sp³-hybridized carbons (Fsp3) is 0.607. The molecule has 2 aliphatic carbocycles. The van der Waals surface area contributed by atoms with Crippen LogP contribution < -0.4 is 4.72 Å². The van der Waals surface area contributed by atoms with Crippen LogP contribution in [0.15, 0.2) is 54.3 Å². The summed E-state index contributed by atoms with van der Waals surface area (Å²) in [6, 6.07) is 11.0. The largest absolute Gasteiger partial charge is 0.494 e. The summed E-state index contributed by atoms with van der Waals surface area (Å²) >= 11 is 0. The minimum atomic E-state index is -3.48. The third kappa shape index (κ3) is 8.80. The van der Waals surface area contributed by atoms with Gasteiger partial charge in [0.15, 0.2) is 0 Å². The van der Waals surface area contributed by atoms with Gasteiger partial charge in [-0.15, -0.1) is 0 Å². The van der Waals surface area contributed by atoms with Crippen LogP contribution in [0.3, 0.4) is 0 Å². The lowest BCUT2D eigenvalue weighted by molar-refractivity contribution is -0.119. The van der Waals surface area contributed by atoms with E-state index < -0.39 is 15.9 Å². The molecule has 1 amide bonds. The van der Waals surface area contributed by atoms with E-state index in [4.69, 9.17) is 4.74 Å². The van der Waals surface area contributed by atoms with Crippen molar-refractivity contribution in [3.8, 4) is 0 Å². The van der Waals surface area contributed by atoms with Gasteiger partial charge >= 0.3 is 0 Å². The second-order valence-electron chi connectivity index (χ2n) is 10.5. The number of likely N-dealkylation sites (tertiary alicyclic amines) is 1. The first-order valence-electron chi connectivity index (χ1n) is 13.1. The number of hydrogen-bond donors (Lipinski definition) is 1. The number of piperidine rings is 1. The van der Waals surface area contributed by atoms with Gasteiger partial charge in [0.05, 0.1) is 12.9 Å². The maximum Gasteiger partial charge on any atom is 0.233 e. The number of carbonyl (C=O) groups excluding carboxylic acids is 1. The smallest absolute Gasteiger partial charge is 0.233 e. The molecule has 1 aliphatic heterocycles. The second kappa shape index (κ2) is 12.2. The van der Waals surface area contributed by atoms with Crippen molar-refractivity contribution < 1.29 is 17.9 Å². The lowest BCUT2D eigenvalue weighted by Crippen LogP contribution is -2.35. The van der Waals surface area contributed by atoms with E-state index >= 15 is 0 Å². The first kappa shape index (κ1) is 26.0. The standard InChI is InChI=1S/C28H40N2O4S/c1-35(32,33)29-28(31)13-10-22-8-11-26(12-9-22)34-19-5-16-30-17-14-23(15-18-30)20-25-21-27(25)24-6-3-2-4-7-24/h2-4,6-8,11-12,22-23,25,27H,5,9-10,13-21H2,1H3,(H,29,31)/t22?,25-,27+/m1/s1. The Bertz CT molecular complexity index is 997. The molecule has 6 nitrogen and oxygen atoms in total. The van der Waals surface area contributed by atoms with Crippen LogP contribution in [-0.4, -0.2) is 51.7 Å². The number of carbonyl (C=O) groups is 1. The van der Waals surface area contributed by atoms with Gasteiger partial charge in [-0.25, -0.2) is 8.42 Å². The van der Waals surface area contributed by atoms with E-state index in [1.165, 1.54) is 44.3 Å². The molecule has 1 N–H and O–H groups in total. The van der Waals surface area contributed by atoms with Crippen molar-refractivity contribution in [1.82, 2.24) is 9.62 Å². The first-order valence-corrected chi connectivity index (χ1v) is 15.0. The predicted octanol–water partition coefficient (Wildman–Crippen LogP) is 4.61. The number of ether oxygens (including phenoxy) is 1. The number of nitrogens with zero attached hydrogens (tertiary/aromatic N) is 1. The highest BCUT2D eigenvalue weighted by atomic mass is 32.2. The third-order valence-corrected chi connectivity index (χ3v) is 8.18. The molecule has 7 heteroatoms. The molecule has 2 fully saturated rings. The summed E-state index contributed by atoms with van der Waals surface area (Å²) in [6.45, 7) is 4.24. The van der Waals surface area contributed by atoms with E-state index in [0.29, 0.717) is 6.42 Å². The van der Waals surface area contributed by atoms with Gasteiger partial charge < -0.3 is 9.64 Å². The molecule has 1 saturated carbocycles. The van der Waals surface area contributed by atoms with E-state index in [9.17, 15) is 13.2 Å². The molecular formula is C28H40N2O4S. The van der Waals surface area contributed by atoms with Crippen molar-refractivity contribution >= 4 is 15.9 Å². The van der Waals surface area contributed by atoms with E-state index in [2.05, 4.69) is 47.4 Å². The number of hydrogen-bond acceptors (Lipinski definition) is 5. The van der Waals surface area contributed by atoms with Gasteiger partial charge in [0.25, 0.3) is 0 Å². The molecule has 192 valence electrons. The Hall–Kier alpha value is -2.12. The molecule has 0 radical (unpaired) electrons. The van der Waals surface area contributed by atoms with Crippen LogP contribution in [0, 0.1) is 17.8 Å². The van der Waals surface area contributed by atoms with Gasteiger partial charge in [-0.05, 0) is 99.4 Å². The maximum atomic E-state index is 11.6. The minimum absolute atomic E-state index is 0.205. The average molecular weight is 501 g/mol. The van der Waals surface area contributed by atoms with Gasteiger partial charge in [-0.1, -0.05) is 36.4 Å². The molecule has 3 atom stereocenters. The number of rotatable bonds is 12. The number of amides is 1. The Morgan fingerprint density at radius 1 is 1.17 bits per heavy atom. The fourth-order valence-corrected chi connectivity index (χ4v) is 6.02. The van der Waals surface area contributed by atoms with Crippen molar-refractivity contribution in [3.63, 3.8) is 0 Å². The predicted molar refractivity (Wildman–Crippen MR) is 139 cm³/mol. The van der Waals surface area contributed by atoms with Crippen molar-refractivity contribution in [2.75, 3.05) is 32.5 Å². The Morgan fingerprint density at radius 2 is 1.94 bits per heavy atom. The van der Waals surface area contributed by atoms with Crippen LogP contribution in [0.2, 0.25) is 0 Å². The average Bonchev–Trinajstić information content (AvgIpc) is 3.61. The molecule has 0 aromatic heterocycles. The summed E-state index contributed by atoms with van der Waals surface area (Å²) < 4.78 is 30.1. The molecule has 0 bridgehead atoms. The summed E-state index contributed by atoms with van der Waals surface area (Å²) in [4.78, 5) is 14.2. The van der Waals surface area contributed by atoms with Gasteiger partial charge in [0.1, 0.15) is 5.76 Å². The topological polar surface area (TPSA) is 75.7 Å². The molecule has 0 spiro atoms. The fourth-order valence-electron chi connectivity index (χ4n) is 5.51. The van der Waals surface area contributed by atoms with Crippen LogP contribution in [0.4, 0.5) is 0 Å². The molecule has 1 unspecified atom stereocenters. The zero-order chi connectivity index (χ0) is 24.7. The molecule has 1 aromatic carbocycles. The van der Waals surface area contributed by atoms with Gasteiger partial charge in [-0.3, -0.25) is 9.52 Å². The normalized spacial score (nSPS) is 25.2. The number of allylic oxidation sites excluding steroid dienone is 3. The van der Waals surface area contributed by atoms with Crippen LogP contribution in [0.1, 0.15) is 62.8 Å². The van der Waals surface area contributed by atoms with Gasteiger partial charge in [0.2, 0.25) is 15.9 Å². The summed E-state index contributed by atoms with van der Waals surface area (Å²) in [5, 5.41) is 0. The van der Waals surface area contributed by atoms with Crippen molar-refractivity contribution in [2.24, 2.45) is 17.8 Å². The Kier molecular flexibility index (Phi) is 9.06. The van der Waals surface area contributed by atoms with E-state index in [0.717, 1.165) is 55.8 Å².